The second-order valence-corrected chi connectivity index (χ2v) is 4.98. The van der Waals surface area contributed by atoms with Crippen molar-refractivity contribution in [3.8, 4) is 0 Å². The molecule has 1 fully saturated rings. The Morgan fingerprint density at radius 1 is 1.33 bits per heavy atom. The smallest absolute Gasteiger partial charge is 0.135 e. The highest BCUT2D eigenvalue weighted by Crippen LogP contribution is 2.46. The van der Waals surface area contributed by atoms with E-state index >= 15 is 0 Å². The molecule has 0 radical (unpaired) electrons. The third kappa shape index (κ3) is 1.70. The Hall–Kier alpha value is -0.330. The van der Waals surface area contributed by atoms with Crippen molar-refractivity contribution in [1.29, 1.82) is 0 Å². The first kappa shape index (κ1) is 9.76. The Bertz CT molecular complexity index is 176. The summed E-state index contributed by atoms with van der Waals surface area (Å²) in [4.78, 5) is 11.5. The van der Waals surface area contributed by atoms with Gasteiger partial charge in [-0.15, -0.1) is 0 Å². The van der Waals surface area contributed by atoms with E-state index in [9.17, 15) is 4.79 Å². The fraction of sp³-hybridized carbons (Fsp3) is 0.909. The minimum absolute atomic E-state index is 0.327. The molecule has 1 aliphatic carbocycles. The van der Waals surface area contributed by atoms with Crippen LogP contribution in [-0.2, 0) is 4.79 Å². The summed E-state index contributed by atoms with van der Waals surface area (Å²) in [5, 5.41) is 0. The second-order valence-electron chi connectivity index (χ2n) is 4.98. The van der Waals surface area contributed by atoms with Crippen LogP contribution in [0.5, 0.6) is 0 Å². The van der Waals surface area contributed by atoms with Crippen LogP contribution in [0.2, 0.25) is 0 Å². The molecule has 0 aromatic rings. The van der Waals surface area contributed by atoms with E-state index in [2.05, 4.69) is 20.8 Å². The van der Waals surface area contributed by atoms with Crippen molar-refractivity contribution in [3.63, 3.8) is 0 Å². The third-order valence-corrected chi connectivity index (χ3v) is 3.15. The average Bonchev–Trinajstić information content (AvgIpc) is 1.80. The number of carbonyl (C=O) groups is 1. The quantitative estimate of drug-likeness (QED) is 0.619. The van der Waals surface area contributed by atoms with E-state index < -0.39 is 0 Å². The average molecular weight is 168 g/mol. The van der Waals surface area contributed by atoms with E-state index in [0.717, 1.165) is 12.8 Å². The Morgan fingerprint density at radius 2 is 1.92 bits per heavy atom. The maximum absolute atomic E-state index is 11.5. The van der Waals surface area contributed by atoms with E-state index in [1.807, 2.05) is 6.92 Å². The van der Waals surface area contributed by atoms with Gasteiger partial charge in [-0.25, -0.2) is 0 Å². The van der Waals surface area contributed by atoms with Crippen LogP contribution < -0.4 is 0 Å². The molecule has 0 N–H and O–H groups in total. The van der Waals surface area contributed by atoms with Crippen molar-refractivity contribution in [1.82, 2.24) is 0 Å². The van der Waals surface area contributed by atoms with Crippen LogP contribution >= 0.6 is 0 Å². The molecule has 0 aromatic heterocycles. The van der Waals surface area contributed by atoms with Gasteiger partial charge in [0.05, 0.1) is 0 Å². The van der Waals surface area contributed by atoms with Crippen molar-refractivity contribution < 1.29 is 4.79 Å². The van der Waals surface area contributed by atoms with Gasteiger partial charge >= 0.3 is 0 Å². The van der Waals surface area contributed by atoms with E-state index in [0.29, 0.717) is 23.0 Å². The van der Waals surface area contributed by atoms with E-state index in [-0.39, 0.29) is 0 Å². The predicted octanol–water partition coefficient (Wildman–Crippen LogP) is 3.04. The lowest BCUT2D eigenvalue weighted by Crippen LogP contribution is -2.40. The van der Waals surface area contributed by atoms with Gasteiger partial charge in [-0.05, 0) is 24.2 Å². The van der Waals surface area contributed by atoms with Crippen LogP contribution in [-0.4, -0.2) is 5.78 Å². The highest BCUT2D eigenvalue weighted by molar-refractivity contribution is 5.81. The Kier molecular flexibility index (Phi) is 2.60. The minimum atomic E-state index is 0.327. The van der Waals surface area contributed by atoms with Crippen molar-refractivity contribution in [2.75, 3.05) is 0 Å². The normalized spacial score (nSPS) is 29.7. The summed E-state index contributed by atoms with van der Waals surface area (Å²) in [5.41, 5.74) is 0.327. The largest absolute Gasteiger partial charge is 0.299 e. The SMILES string of the molecule is CCC(=O)C1CCC1C(C)(C)C. The highest BCUT2D eigenvalue weighted by atomic mass is 16.1. The number of rotatable bonds is 2. The molecular weight excluding hydrogens is 148 g/mol. The minimum Gasteiger partial charge on any atom is -0.299 e. The molecule has 1 saturated carbocycles. The maximum Gasteiger partial charge on any atom is 0.135 e. The standard InChI is InChI=1S/C11H20O/c1-5-10(12)8-6-7-9(8)11(2,3)4/h8-9H,5-7H2,1-4H3. The third-order valence-electron chi connectivity index (χ3n) is 3.15. The van der Waals surface area contributed by atoms with Crippen LogP contribution in [0.4, 0.5) is 0 Å². The van der Waals surface area contributed by atoms with Crippen molar-refractivity contribution in [3.05, 3.63) is 0 Å². The Balaban J connectivity index is 2.55. The molecule has 0 bridgehead atoms. The van der Waals surface area contributed by atoms with Gasteiger partial charge in [0, 0.05) is 12.3 Å². The highest BCUT2D eigenvalue weighted by Gasteiger charge is 2.41. The number of hydrogen-bond acceptors (Lipinski definition) is 1. The van der Waals surface area contributed by atoms with Crippen LogP contribution in [0.15, 0.2) is 0 Å². The zero-order valence-corrected chi connectivity index (χ0v) is 8.68. The molecule has 0 aliphatic heterocycles. The predicted molar refractivity (Wildman–Crippen MR) is 51.0 cm³/mol. The van der Waals surface area contributed by atoms with E-state index in [4.69, 9.17) is 0 Å². The molecule has 0 aromatic carbocycles. The molecule has 0 heterocycles. The number of Topliss-reactive ketones (excluding diaryl/α,β-unsaturated/α-hetero) is 1. The second kappa shape index (κ2) is 3.20. The first-order valence-corrected chi connectivity index (χ1v) is 4.99. The van der Waals surface area contributed by atoms with Gasteiger partial charge < -0.3 is 0 Å². The number of hydrogen-bond donors (Lipinski definition) is 0. The molecule has 0 saturated heterocycles. The fourth-order valence-corrected chi connectivity index (χ4v) is 2.18. The molecule has 0 amide bonds. The van der Waals surface area contributed by atoms with Gasteiger partial charge in [-0.2, -0.15) is 0 Å². The van der Waals surface area contributed by atoms with Crippen molar-refractivity contribution >= 4 is 5.78 Å². The van der Waals surface area contributed by atoms with Crippen LogP contribution in [0, 0.1) is 17.3 Å². The Labute approximate surface area is 75.5 Å². The summed E-state index contributed by atoms with van der Waals surface area (Å²) in [6.45, 7) is 8.70. The monoisotopic (exact) mass is 168 g/mol. The van der Waals surface area contributed by atoms with Gasteiger partial charge in [-0.3, -0.25) is 4.79 Å². The summed E-state index contributed by atoms with van der Waals surface area (Å²) in [6, 6.07) is 0. The summed E-state index contributed by atoms with van der Waals surface area (Å²) >= 11 is 0. The summed E-state index contributed by atoms with van der Waals surface area (Å²) in [5.74, 6) is 1.50. The maximum atomic E-state index is 11.5. The van der Waals surface area contributed by atoms with Gasteiger partial charge in [0.15, 0.2) is 0 Å². The molecule has 0 spiro atoms. The van der Waals surface area contributed by atoms with Crippen LogP contribution in [0.1, 0.15) is 47.0 Å². The first-order chi connectivity index (χ1) is 5.46. The molecule has 2 atom stereocenters. The van der Waals surface area contributed by atoms with E-state index in [1.165, 1.54) is 6.42 Å². The zero-order chi connectivity index (χ0) is 9.35. The zero-order valence-electron chi connectivity index (χ0n) is 8.68. The van der Waals surface area contributed by atoms with Gasteiger partial charge in [0.2, 0.25) is 0 Å². The Morgan fingerprint density at radius 3 is 2.17 bits per heavy atom. The summed E-state index contributed by atoms with van der Waals surface area (Å²) < 4.78 is 0. The lowest BCUT2D eigenvalue weighted by atomic mass is 9.60. The fourth-order valence-electron chi connectivity index (χ4n) is 2.18. The molecule has 12 heavy (non-hydrogen) atoms. The van der Waals surface area contributed by atoms with Crippen LogP contribution in [0.25, 0.3) is 0 Å². The molecule has 1 heteroatoms. The summed E-state index contributed by atoms with van der Waals surface area (Å²) in [6.07, 6.45) is 3.10. The van der Waals surface area contributed by atoms with Gasteiger partial charge in [0.25, 0.3) is 0 Å². The molecule has 1 nitrogen and oxygen atoms in total. The number of ketones is 1. The topological polar surface area (TPSA) is 17.1 Å². The van der Waals surface area contributed by atoms with Crippen molar-refractivity contribution in [2.45, 2.75) is 47.0 Å². The van der Waals surface area contributed by atoms with Gasteiger partial charge in [-0.1, -0.05) is 27.7 Å². The lowest BCUT2D eigenvalue weighted by molar-refractivity contribution is -0.130. The van der Waals surface area contributed by atoms with Crippen molar-refractivity contribution in [2.24, 2.45) is 17.3 Å². The molecule has 70 valence electrons. The number of carbonyl (C=O) groups excluding carboxylic acids is 1. The molecule has 2 unspecified atom stereocenters. The molecular formula is C11H20O. The first-order valence-electron chi connectivity index (χ1n) is 4.99. The molecule has 1 rings (SSSR count). The van der Waals surface area contributed by atoms with Crippen LogP contribution in [0.3, 0.4) is 0 Å². The van der Waals surface area contributed by atoms with Gasteiger partial charge in [0.1, 0.15) is 5.78 Å². The molecule has 1 aliphatic rings. The lowest BCUT2D eigenvalue weighted by Gasteiger charge is -2.44. The summed E-state index contributed by atoms with van der Waals surface area (Å²) in [7, 11) is 0. The van der Waals surface area contributed by atoms with E-state index in [1.54, 1.807) is 0 Å².